The van der Waals surface area contributed by atoms with Gasteiger partial charge in [-0.1, -0.05) is 25.1 Å². The Morgan fingerprint density at radius 1 is 1.29 bits per heavy atom. The first-order chi connectivity index (χ1) is 8.40. The SMILES string of the molecule is CCC1CNCCN1n1ccc2ccccc21. The highest BCUT2D eigenvalue weighted by molar-refractivity contribution is 5.80. The number of hydrogen-bond donors (Lipinski definition) is 1. The van der Waals surface area contributed by atoms with Crippen LogP contribution in [-0.2, 0) is 0 Å². The van der Waals surface area contributed by atoms with Gasteiger partial charge in [0.05, 0.1) is 11.6 Å². The third kappa shape index (κ3) is 1.80. The van der Waals surface area contributed by atoms with Crippen LogP contribution in [-0.4, -0.2) is 30.4 Å². The molecule has 0 radical (unpaired) electrons. The first kappa shape index (κ1) is 10.7. The number of fused-ring (bicyclic) bond motifs is 1. The van der Waals surface area contributed by atoms with Crippen LogP contribution in [0.2, 0.25) is 0 Å². The van der Waals surface area contributed by atoms with Crippen LogP contribution < -0.4 is 10.3 Å². The van der Waals surface area contributed by atoms with E-state index in [0.717, 1.165) is 19.6 Å². The molecule has 0 amide bonds. The van der Waals surface area contributed by atoms with Crippen molar-refractivity contribution in [2.45, 2.75) is 19.4 Å². The number of rotatable bonds is 2. The molecular formula is C14H19N3. The van der Waals surface area contributed by atoms with E-state index in [1.54, 1.807) is 0 Å². The first-order valence-corrected chi connectivity index (χ1v) is 6.44. The van der Waals surface area contributed by atoms with Gasteiger partial charge in [0, 0.05) is 31.2 Å². The molecule has 3 rings (SSSR count). The fourth-order valence-electron chi connectivity index (χ4n) is 2.68. The number of aromatic nitrogens is 1. The summed E-state index contributed by atoms with van der Waals surface area (Å²) in [5.74, 6) is 0. The van der Waals surface area contributed by atoms with E-state index in [4.69, 9.17) is 0 Å². The van der Waals surface area contributed by atoms with Crippen molar-refractivity contribution in [2.75, 3.05) is 24.6 Å². The smallest absolute Gasteiger partial charge is 0.0694 e. The summed E-state index contributed by atoms with van der Waals surface area (Å²) in [6.07, 6.45) is 3.37. The monoisotopic (exact) mass is 229 g/mol. The van der Waals surface area contributed by atoms with E-state index >= 15 is 0 Å². The maximum atomic E-state index is 3.47. The van der Waals surface area contributed by atoms with Gasteiger partial charge >= 0.3 is 0 Å². The second-order valence-corrected chi connectivity index (χ2v) is 4.65. The Hall–Kier alpha value is -1.48. The van der Waals surface area contributed by atoms with Crippen molar-refractivity contribution in [3.8, 4) is 0 Å². The van der Waals surface area contributed by atoms with Crippen LogP contribution in [0.1, 0.15) is 13.3 Å². The Morgan fingerprint density at radius 2 is 2.18 bits per heavy atom. The minimum Gasteiger partial charge on any atom is -0.313 e. The molecule has 0 aliphatic carbocycles. The lowest BCUT2D eigenvalue weighted by Gasteiger charge is -2.38. The Labute approximate surface area is 102 Å². The predicted octanol–water partition coefficient (Wildman–Crippen LogP) is 1.96. The molecule has 1 unspecified atom stereocenters. The first-order valence-electron chi connectivity index (χ1n) is 6.44. The Morgan fingerprint density at radius 3 is 3.06 bits per heavy atom. The molecule has 1 N–H and O–H groups in total. The summed E-state index contributed by atoms with van der Waals surface area (Å²) in [5, 5.41) is 7.28. The fraction of sp³-hybridized carbons (Fsp3) is 0.429. The number of nitrogens with zero attached hydrogens (tertiary/aromatic N) is 2. The fourth-order valence-corrected chi connectivity index (χ4v) is 2.68. The third-order valence-electron chi connectivity index (χ3n) is 3.65. The van der Waals surface area contributed by atoms with E-state index in [0.29, 0.717) is 6.04 Å². The quantitative estimate of drug-likeness (QED) is 0.849. The standard InChI is InChI=1S/C14H19N3/c1-2-13-11-15-8-10-16(13)17-9-7-12-5-3-4-6-14(12)17/h3-7,9,13,15H,2,8,10-11H2,1H3. The lowest BCUT2D eigenvalue weighted by atomic mass is 10.2. The highest BCUT2D eigenvalue weighted by atomic mass is 15.6. The van der Waals surface area contributed by atoms with Gasteiger partial charge in [0.2, 0.25) is 0 Å². The zero-order valence-corrected chi connectivity index (χ0v) is 10.3. The maximum absolute atomic E-state index is 3.47. The number of piperazine rings is 1. The van der Waals surface area contributed by atoms with E-state index in [9.17, 15) is 0 Å². The summed E-state index contributed by atoms with van der Waals surface area (Å²) in [6, 6.07) is 11.4. The van der Waals surface area contributed by atoms with Gasteiger partial charge in [0.25, 0.3) is 0 Å². The van der Waals surface area contributed by atoms with Gasteiger partial charge in [-0.3, -0.25) is 4.68 Å². The minimum absolute atomic E-state index is 0.597. The minimum atomic E-state index is 0.597. The van der Waals surface area contributed by atoms with Crippen molar-refractivity contribution in [3.05, 3.63) is 36.5 Å². The lowest BCUT2D eigenvalue weighted by molar-refractivity contribution is 0.394. The van der Waals surface area contributed by atoms with Crippen LogP contribution in [0.3, 0.4) is 0 Å². The average Bonchev–Trinajstić information content (AvgIpc) is 2.82. The van der Waals surface area contributed by atoms with Gasteiger partial charge in [-0.15, -0.1) is 0 Å². The molecule has 0 saturated carbocycles. The molecule has 2 aromatic rings. The second kappa shape index (κ2) is 4.41. The molecule has 1 aliphatic rings. The third-order valence-corrected chi connectivity index (χ3v) is 3.65. The Kier molecular flexibility index (Phi) is 2.77. The molecule has 1 fully saturated rings. The summed E-state index contributed by atoms with van der Waals surface area (Å²) in [7, 11) is 0. The Bertz CT molecular complexity index is 503. The normalized spacial score (nSPS) is 21.0. The van der Waals surface area contributed by atoms with Crippen molar-refractivity contribution in [1.29, 1.82) is 0 Å². The van der Waals surface area contributed by atoms with Crippen LogP contribution >= 0.6 is 0 Å². The summed E-state index contributed by atoms with van der Waals surface area (Å²) >= 11 is 0. The molecule has 1 aromatic carbocycles. The van der Waals surface area contributed by atoms with Crippen LogP contribution in [0.5, 0.6) is 0 Å². The molecule has 1 aromatic heterocycles. The van der Waals surface area contributed by atoms with Crippen molar-refractivity contribution < 1.29 is 0 Å². The van der Waals surface area contributed by atoms with Gasteiger partial charge in [-0.25, -0.2) is 0 Å². The zero-order valence-electron chi connectivity index (χ0n) is 10.3. The second-order valence-electron chi connectivity index (χ2n) is 4.65. The Balaban J connectivity index is 2.01. The molecule has 1 aliphatic heterocycles. The highest BCUT2D eigenvalue weighted by Crippen LogP contribution is 2.18. The van der Waals surface area contributed by atoms with Crippen LogP contribution in [0.15, 0.2) is 36.5 Å². The average molecular weight is 229 g/mol. The van der Waals surface area contributed by atoms with Crippen molar-refractivity contribution >= 4 is 10.9 Å². The van der Waals surface area contributed by atoms with Gasteiger partial charge in [0.1, 0.15) is 0 Å². The van der Waals surface area contributed by atoms with Crippen LogP contribution in [0.4, 0.5) is 0 Å². The molecule has 1 atom stereocenters. The van der Waals surface area contributed by atoms with Crippen LogP contribution in [0, 0.1) is 0 Å². The van der Waals surface area contributed by atoms with E-state index < -0.39 is 0 Å². The molecule has 3 heteroatoms. The van der Waals surface area contributed by atoms with Gasteiger partial charge < -0.3 is 10.3 Å². The molecule has 2 heterocycles. The molecule has 90 valence electrons. The van der Waals surface area contributed by atoms with Gasteiger partial charge in [0.15, 0.2) is 0 Å². The molecule has 17 heavy (non-hydrogen) atoms. The molecule has 3 nitrogen and oxygen atoms in total. The number of hydrogen-bond acceptors (Lipinski definition) is 2. The maximum Gasteiger partial charge on any atom is 0.0694 e. The number of para-hydroxylation sites is 1. The van der Waals surface area contributed by atoms with Gasteiger partial charge in [-0.05, 0) is 18.6 Å². The summed E-state index contributed by atoms with van der Waals surface area (Å²) in [5.41, 5.74) is 1.31. The predicted molar refractivity (Wildman–Crippen MR) is 72.0 cm³/mol. The lowest BCUT2D eigenvalue weighted by Crippen LogP contribution is -2.55. The summed E-state index contributed by atoms with van der Waals surface area (Å²) in [6.45, 7) is 5.50. The van der Waals surface area contributed by atoms with Gasteiger partial charge in [-0.2, -0.15) is 0 Å². The van der Waals surface area contributed by atoms with E-state index in [1.165, 1.54) is 17.3 Å². The topological polar surface area (TPSA) is 20.2 Å². The largest absolute Gasteiger partial charge is 0.313 e. The number of benzene rings is 1. The van der Waals surface area contributed by atoms with Crippen molar-refractivity contribution in [2.24, 2.45) is 0 Å². The molecule has 0 bridgehead atoms. The number of nitrogens with one attached hydrogen (secondary N) is 1. The van der Waals surface area contributed by atoms with E-state index in [-0.39, 0.29) is 0 Å². The van der Waals surface area contributed by atoms with Crippen LogP contribution in [0.25, 0.3) is 10.9 Å². The molecular weight excluding hydrogens is 210 g/mol. The summed E-state index contributed by atoms with van der Waals surface area (Å²) < 4.78 is 2.32. The van der Waals surface area contributed by atoms with Crippen molar-refractivity contribution in [1.82, 2.24) is 9.99 Å². The summed E-state index contributed by atoms with van der Waals surface area (Å²) in [4.78, 5) is 0. The molecule has 0 spiro atoms. The highest BCUT2D eigenvalue weighted by Gasteiger charge is 2.21. The van der Waals surface area contributed by atoms with E-state index in [2.05, 4.69) is 58.5 Å². The van der Waals surface area contributed by atoms with Crippen molar-refractivity contribution in [3.63, 3.8) is 0 Å². The molecule has 1 saturated heterocycles. The van der Waals surface area contributed by atoms with E-state index in [1.807, 2.05) is 0 Å². The zero-order chi connectivity index (χ0) is 11.7.